The van der Waals surface area contributed by atoms with E-state index in [2.05, 4.69) is 39.5 Å². The summed E-state index contributed by atoms with van der Waals surface area (Å²) >= 11 is 1.45. The first-order valence-electron chi connectivity index (χ1n) is 9.62. The fourth-order valence-corrected chi connectivity index (χ4v) is 4.19. The van der Waals surface area contributed by atoms with Crippen LogP contribution in [0.3, 0.4) is 0 Å². The van der Waals surface area contributed by atoms with Crippen LogP contribution in [0, 0.1) is 5.82 Å². The molecule has 1 aromatic heterocycles. The minimum absolute atomic E-state index is 0.337. The monoisotopic (exact) mass is 415 g/mol. The van der Waals surface area contributed by atoms with Crippen LogP contribution >= 0.6 is 11.3 Å². The van der Waals surface area contributed by atoms with Gasteiger partial charge < -0.3 is 10.1 Å². The van der Waals surface area contributed by atoms with E-state index in [1.165, 1.54) is 29.0 Å². The number of thiazole rings is 1. The number of anilines is 2. The number of likely N-dealkylation sites (tertiary alicyclic amines) is 1. The molecule has 4 rings (SSSR count). The summed E-state index contributed by atoms with van der Waals surface area (Å²) in [5.41, 5.74) is 3.63. The predicted octanol–water partition coefficient (Wildman–Crippen LogP) is 5.64. The van der Waals surface area contributed by atoms with Gasteiger partial charge in [-0.15, -0.1) is 11.3 Å². The first-order chi connectivity index (χ1) is 14.1. The number of hydrogen-bond acceptors (Lipinski definition) is 5. The Balaban J connectivity index is 1.42. The van der Waals surface area contributed by atoms with Gasteiger partial charge in [0.05, 0.1) is 18.5 Å². The normalized spacial score (nSPS) is 15.4. The number of benzene rings is 2. The van der Waals surface area contributed by atoms with Crippen molar-refractivity contribution in [3.05, 3.63) is 59.2 Å². The van der Waals surface area contributed by atoms with Crippen molar-refractivity contribution in [2.45, 2.75) is 25.6 Å². The van der Waals surface area contributed by atoms with Crippen LogP contribution in [0.4, 0.5) is 19.6 Å². The van der Waals surface area contributed by atoms with Gasteiger partial charge in [0, 0.05) is 36.6 Å². The summed E-state index contributed by atoms with van der Waals surface area (Å²) in [4.78, 5) is 6.91. The van der Waals surface area contributed by atoms with Gasteiger partial charge in [0.15, 0.2) is 5.13 Å². The second-order valence-corrected chi connectivity index (χ2v) is 8.01. The molecule has 0 aliphatic carbocycles. The highest BCUT2D eigenvalue weighted by Gasteiger charge is 2.18. The van der Waals surface area contributed by atoms with Crippen LogP contribution in [-0.2, 0) is 6.54 Å². The molecule has 4 nitrogen and oxygen atoms in total. The van der Waals surface area contributed by atoms with E-state index >= 15 is 0 Å². The molecule has 1 N–H and O–H groups in total. The Morgan fingerprint density at radius 2 is 1.93 bits per heavy atom. The maximum atomic E-state index is 13.5. The summed E-state index contributed by atoms with van der Waals surface area (Å²) in [5, 5.41) is 5.76. The first kappa shape index (κ1) is 19.8. The van der Waals surface area contributed by atoms with Crippen molar-refractivity contribution in [3.8, 4) is 17.0 Å². The third-order valence-electron chi connectivity index (χ3n) is 5.08. The Bertz CT molecular complexity index is 953. The highest BCUT2D eigenvalue weighted by atomic mass is 32.1. The Morgan fingerprint density at radius 1 is 1.17 bits per heavy atom. The Kier molecular flexibility index (Phi) is 6.06. The van der Waals surface area contributed by atoms with Crippen molar-refractivity contribution in [2.75, 3.05) is 25.5 Å². The van der Waals surface area contributed by atoms with Gasteiger partial charge in [-0.2, -0.15) is 0 Å². The molecule has 1 saturated heterocycles. The zero-order valence-corrected chi connectivity index (χ0v) is 17.0. The number of ether oxygens (including phenoxy) is 1. The van der Waals surface area contributed by atoms with Crippen LogP contribution < -0.4 is 10.1 Å². The molecule has 29 heavy (non-hydrogen) atoms. The van der Waals surface area contributed by atoms with Crippen molar-refractivity contribution >= 4 is 22.2 Å². The van der Waals surface area contributed by atoms with Crippen LogP contribution in [-0.4, -0.2) is 36.3 Å². The van der Waals surface area contributed by atoms with E-state index in [4.69, 9.17) is 4.74 Å². The molecule has 0 amide bonds. The lowest BCUT2D eigenvalue weighted by Crippen LogP contribution is -2.33. The molecule has 1 aliphatic heterocycles. The van der Waals surface area contributed by atoms with Crippen LogP contribution in [0.5, 0.6) is 5.75 Å². The number of alkyl halides is 1. The summed E-state index contributed by atoms with van der Waals surface area (Å²) in [5.74, 6) is 0.223. The van der Waals surface area contributed by atoms with E-state index in [9.17, 15) is 8.78 Å². The van der Waals surface area contributed by atoms with Crippen LogP contribution in [0.15, 0.2) is 47.8 Å². The molecule has 2 heterocycles. The van der Waals surface area contributed by atoms with E-state index < -0.39 is 6.17 Å². The number of piperidine rings is 1. The largest absolute Gasteiger partial charge is 0.495 e. The topological polar surface area (TPSA) is 37.4 Å². The smallest absolute Gasteiger partial charge is 0.187 e. The van der Waals surface area contributed by atoms with Gasteiger partial charge in [0.25, 0.3) is 0 Å². The molecule has 0 saturated carbocycles. The first-order valence-corrected chi connectivity index (χ1v) is 10.5. The summed E-state index contributed by atoms with van der Waals surface area (Å²) in [6.45, 7) is 2.47. The number of hydrogen-bond donors (Lipinski definition) is 1. The summed E-state index contributed by atoms with van der Waals surface area (Å²) in [7, 11) is 1.55. The standard InChI is InChI=1S/C22H23F2N3OS/c1-28-21-7-6-18(24)12-19(21)25-22-26-20(14-29-22)16-4-2-15(3-5-16)13-27-10-8-17(23)9-11-27/h2-7,12,14,17H,8-11,13H2,1H3,(H,25,26). The number of rotatable bonds is 6. The van der Waals surface area contributed by atoms with Gasteiger partial charge in [0.2, 0.25) is 0 Å². The Hall–Kier alpha value is -2.51. The highest BCUT2D eigenvalue weighted by Crippen LogP contribution is 2.32. The van der Waals surface area contributed by atoms with E-state index in [-0.39, 0.29) is 5.82 Å². The molecular formula is C22H23F2N3OS. The maximum Gasteiger partial charge on any atom is 0.187 e. The zero-order valence-electron chi connectivity index (χ0n) is 16.2. The minimum Gasteiger partial charge on any atom is -0.495 e. The molecule has 0 radical (unpaired) electrons. The van der Waals surface area contributed by atoms with Gasteiger partial charge >= 0.3 is 0 Å². The number of methoxy groups -OCH3 is 1. The molecule has 0 bridgehead atoms. The van der Waals surface area contributed by atoms with Gasteiger partial charge in [-0.3, -0.25) is 4.90 Å². The summed E-state index contributed by atoms with van der Waals surface area (Å²) < 4.78 is 32.1. The van der Waals surface area contributed by atoms with Crippen LogP contribution in [0.2, 0.25) is 0 Å². The third kappa shape index (κ3) is 4.92. The van der Waals surface area contributed by atoms with Gasteiger partial charge in [0.1, 0.15) is 17.7 Å². The predicted molar refractivity (Wildman–Crippen MR) is 113 cm³/mol. The fraction of sp³-hybridized carbons (Fsp3) is 0.318. The lowest BCUT2D eigenvalue weighted by molar-refractivity contribution is 0.145. The Morgan fingerprint density at radius 3 is 2.66 bits per heavy atom. The molecule has 0 unspecified atom stereocenters. The fourth-order valence-electron chi connectivity index (χ4n) is 3.46. The van der Waals surface area contributed by atoms with Crippen molar-refractivity contribution in [3.63, 3.8) is 0 Å². The quantitative estimate of drug-likeness (QED) is 0.566. The number of aromatic nitrogens is 1. The zero-order chi connectivity index (χ0) is 20.2. The van der Waals surface area contributed by atoms with Crippen molar-refractivity contribution in [1.29, 1.82) is 0 Å². The SMILES string of the molecule is COc1ccc(F)cc1Nc1nc(-c2ccc(CN3CCC(F)CC3)cc2)cs1. The lowest BCUT2D eigenvalue weighted by Gasteiger charge is -2.28. The van der Waals surface area contributed by atoms with Crippen molar-refractivity contribution in [1.82, 2.24) is 9.88 Å². The van der Waals surface area contributed by atoms with Crippen LogP contribution in [0.25, 0.3) is 11.3 Å². The van der Waals surface area contributed by atoms with Gasteiger partial charge in [-0.05, 0) is 30.5 Å². The average molecular weight is 416 g/mol. The van der Waals surface area contributed by atoms with Crippen molar-refractivity contribution < 1.29 is 13.5 Å². The van der Waals surface area contributed by atoms with Gasteiger partial charge in [-0.25, -0.2) is 13.8 Å². The molecule has 3 aromatic rings. The molecule has 7 heteroatoms. The molecule has 1 fully saturated rings. The van der Waals surface area contributed by atoms with Crippen molar-refractivity contribution in [2.24, 2.45) is 0 Å². The number of nitrogens with one attached hydrogen (secondary N) is 1. The third-order valence-corrected chi connectivity index (χ3v) is 5.84. The highest BCUT2D eigenvalue weighted by molar-refractivity contribution is 7.14. The molecular weight excluding hydrogens is 392 g/mol. The van der Waals surface area contributed by atoms with E-state index in [0.717, 1.165) is 30.9 Å². The number of halogens is 2. The second kappa shape index (κ2) is 8.88. The average Bonchev–Trinajstić information content (AvgIpc) is 3.19. The lowest BCUT2D eigenvalue weighted by atomic mass is 10.1. The summed E-state index contributed by atoms with van der Waals surface area (Å²) in [6, 6.07) is 12.6. The molecule has 2 aromatic carbocycles. The van der Waals surface area contributed by atoms with Crippen LogP contribution in [0.1, 0.15) is 18.4 Å². The van der Waals surface area contributed by atoms with Gasteiger partial charge in [-0.1, -0.05) is 24.3 Å². The minimum atomic E-state index is -0.645. The molecule has 0 spiro atoms. The molecule has 0 atom stereocenters. The maximum absolute atomic E-state index is 13.5. The second-order valence-electron chi connectivity index (χ2n) is 7.16. The summed E-state index contributed by atoms with van der Waals surface area (Å²) in [6.07, 6.45) is 0.611. The van der Waals surface area contributed by atoms with E-state index in [0.29, 0.717) is 29.4 Å². The molecule has 152 valence electrons. The van der Waals surface area contributed by atoms with E-state index in [1.54, 1.807) is 13.2 Å². The number of nitrogens with zero attached hydrogens (tertiary/aromatic N) is 2. The van der Waals surface area contributed by atoms with E-state index in [1.807, 2.05) is 5.38 Å². The molecule has 1 aliphatic rings. The Labute approximate surface area is 173 Å².